The van der Waals surface area contributed by atoms with Gasteiger partial charge in [0.05, 0.1) is 19.6 Å². The Labute approximate surface area is 149 Å². The summed E-state index contributed by atoms with van der Waals surface area (Å²) in [5.41, 5.74) is 6.22. The molecular weight excluding hydrogens is 328 g/mol. The highest BCUT2D eigenvalue weighted by Crippen LogP contribution is 2.47. The van der Waals surface area contributed by atoms with Crippen LogP contribution in [0, 0.1) is 17.8 Å². The third kappa shape index (κ3) is 3.78. The summed E-state index contributed by atoms with van der Waals surface area (Å²) in [4.78, 5) is 12.5. The first-order valence-corrected chi connectivity index (χ1v) is 8.43. The fraction of sp³-hybridized carbons (Fsp3) is 0.611. The Morgan fingerprint density at radius 2 is 1.96 bits per heavy atom. The number of hydrogen-bond acceptors (Lipinski definition) is 4. The highest BCUT2D eigenvalue weighted by atomic mass is 35.5. The molecule has 1 amide bonds. The number of fused-ring (bicyclic) bond motifs is 2. The SMILES string of the molecule is COc1ccccc1OC(C)CNC(=O)C1C2CCC(C2)C1N.Cl. The van der Waals surface area contributed by atoms with E-state index in [-0.39, 0.29) is 36.4 Å². The van der Waals surface area contributed by atoms with Crippen molar-refractivity contribution < 1.29 is 14.3 Å². The molecule has 134 valence electrons. The average molecular weight is 355 g/mol. The van der Waals surface area contributed by atoms with Crippen LogP contribution in [-0.4, -0.2) is 31.7 Å². The minimum Gasteiger partial charge on any atom is -0.493 e. The average Bonchev–Trinajstić information content (AvgIpc) is 3.14. The molecule has 0 aromatic heterocycles. The second-order valence-corrected chi connectivity index (χ2v) is 6.76. The standard InChI is InChI=1S/C18H26N2O3.ClH/c1-11(23-15-6-4-3-5-14(15)22-2)10-20-18(21)16-12-7-8-13(9-12)17(16)19;/h3-6,11-13,16-17H,7-10,19H2,1-2H3,(H,20,21);1H. The molecule has 0 heterocycles. The highest BCUT2D eigenvalue weighted by Gasteiger charge is 2.48. The fourth-order valence-corrected chi connectivity index (χ4v) is 4.06. The van der Waals surface area contributed by atoms with E-state index in [1.54, 1.807) is 7.11 Å². The van der Waals surface area contributed by atoms with Gasteiger partial charge in [-0.05, 0) is 50.2 Å². The maximum absolute atomic E-state index is 12.5. The number of nitrogens with one attached hydrogen (secondary N) is 1. The van der Waals surface area contributed by atoms with Gasteiger partial charge >= 0.3 is 0 Å². The molecular formula is C18H27ClN2O3. The summed E-state index contributed by atoms with van der Waals surface area (Å²) >= 11 is 0. The first-order chi connectivity index (χ1) is 11.1. The second-order valence-electron chi connectivity index (χ2n) is 6.76. The fourth-order valence-electron chi connectivity index (χ4n) is 4.06. The van der Waals surface area contributed by atoms with Crippen molar-refractivity contribution in [2.24, 2.45) is 23.5 Å². The molecule has 1 aromatic carbocycles. The van der Waals surface area contributed by atoms with Crippen molar-refractivity contribution in [3.8, 4) is 11.5 Å². The lowest BCUT2D eigenvalue weighted by Crippen LogP contribution is -2.47. The summed E-state index contributed by atoms with van der Waals surface area (Å²) in [5, 5.41) is 3.01. The van der Waals surface area contributed by atoms with Crippen molar-refractivity contribution in [3.05, 3.63) is 24.3 Å². The molecule has 5 atom stereocenters. The monoisotopic (exact) mass is 354 g/mol. The summed E-state index contributed by atoms with van der Waals surface area (Å²) in [6.07, 6.45) is 3.31. The van der Waals surface area contributed by atoms with Crippen molar-refractivity contribution in [1.82, 2.24) is 5.32 Å². The lowest BCUT2D eigenvalue weighted by atomic mass is 9.84. The van der Waals surface area contributed by atoms with Crippen LogP contribution < -0.4 is 20.5 Å². The summed E-state index contributed by atoms with van der Waals surface area (Å²) in [7, 11) is 1.62. The van der Waals surface area contributed by atoms with Crippen molar-refractivity contribution >= 4 is 18.3 Å². The first-order valence-electron chi connectivity index (χ1n) is 8.43. The van der Waals surface area contributed by atoms with E-state index < -0.39 is 0 Å². The van der Waals surface area contributed by atoms with Crippen LogP contribution in [0.5, 0.6) is 11.5 Å². The number of carbonyl (C=O) groups is 1. The number of rotatable bonds is 6. The van der Waals surface area contributed by atoms with Crippen LogP contribution in [-0.2, 0) is 4.79 Å². The number of carbonyl (C=O) groups excluding carboxylic acids is 1. The molecule has 3 rings (SSSR count). The van der Waals surface area contributed by atoms with Crippen molar-refractivity contribution in [2.75, 3.05) is 13.7 Å². The Kier molecular flexibility index (Phi) is 6.35. The van der Waals surface area contributed by atoms with E-state index in [1.807, 2.05) is 31.2 Å². The predicted octanol–water partition coefficient (Wildman–Crippen LogP) is 2.37. The van der Waals surface area contributed by atoms with Crippen LogP contribution >= 0.6 is 12.4 Å². The zero-order chi connectivity index (χ0) is 16.4. The minimum atomic E-state index is -0.134. The molecule has 2 aliphatic carbocycles. The number of para-hydroxylation sites is 2. The Balaban J connectivity index is 0.00000208. The zero-order valence-corrected chi connectivity index (χ0v) is 15.1. The molecule has 0 spiro atoms. The molecule has 5 nitrogen and oxygen atoms in total. The molecule has 0 aliphatic heterocycles. The van der Waals surface area contributed by atoms with Gasteiger partial charge in [-0.1, -0.05) is 12.1 Å². The van der Waals surface area contributed by atoms with Gasteiger partial charge in [-0.15, -0.1) is 12.4 Å². The smallest absolute Gasteiger partial charge is 0.225 e. The molecule has 2 aliphatic rings. The van der Waals surface area contributed by atoms with Gasteiger partial charge in [-0.2, -0.15) is 0 Å². The number of benzene rings is 1. The van der Waals surface area contributed by atoms with Gasteiger partial charge in [0.2, 0.25) is 5.91 Å². The Bertz CT molecular complexity index is 567. The molecule has 0 radical (unpaired) electrons. The lowest BCUT2D eigenvalue weighted by molar-refractivity contribution is -0.127. The summed E-state index contributed by atoms with van der Waals surface area (Å²) in [6, 6.07) is 7.54. The van der Waals surface area contributed by atoms with Gasteiger partial charge in [-0.3, -0.25) is 4.79 Å². The number of nitrogens with two attached hydrogens (primary N) is 1. The first kappa shape index (κ1) is 18.9. The number of ether oxygens (including phenoxy) is 2. The largest absolute Gasteiger partial charge is 0.493 e. The minimum absolute atomic E-state index is 0. The molecule has 24 heavy (non-hydrogen) atoms. The molecule has 5 unspecified atom stereocenters. The quantitative estimate of drug-likeness (QED) is 0.822. The molecule has 1 aromatic rings. The van der Waals surface area contributed by atoms with E-state index in [2.05, 4.69) is 5.32 Å². The molecule has 2 bridgehead atoms. The van der Waals surface area contributed by atoms with E-state index >= 15 is 0 Å². The molecule has 6 heteroatoms. The predicted molar refractivity (Wildman–Crippen MR) is 95.6 cm³/mol. The third-order valence-corrected chi connectivity index (χ3v) is 5.24. The number of amides is 1. The van der Waals surface area contributed by atoms with Crippen LogP contribution in [0.1, 0.15) is 26.2 Å². The summed E-state index contributed by atoms with van der Waals surface area (Å²) in [6.45, 7) is 2.41. The van der Waals surface area contributed by atoms with Crippen LogP contribution in [0.2, 0.25) is 0 Å². The van der Waals surface area contributed by atoms with Crippen LogP contribution in [0.25, 0.3) is 0 Å². The maximum Gasteiger partial charge on any atom is 0.225 e. The van der Waals surface area contributed by atoms with E-state index in [1.165, 1.54) is 6.42 Å². The topological polar surface area (TPSA) is 73.6 Å². The normalized spacial score (nSPS) is 28.8. The van der Waals surface area contributed by atoms with Gasteiger partial charge in [0.1, 0.15) is 6.10 Å². The van der Waals surface area contributed by atoms with Gasteiger partial charge in [0.15, 0.2) is 11.5 Å². The molecule has 0 saturated heterocycles. The number of hydrogen-bond donors (Lipinski definition) is 2. The Hall–Kier alpha value is -1.46. The molecule has 2 fully saturated rings. The lowest BCUT2D eigenvalue weighted by Gasteiger charge is -2.27. The number of methoxy groups -OCH3 is 1. The second kappa shape index (κ2) is 8.08. The van der Waals surface area contributed by atoms with Crippen molar-refractivity contribution in [1.29, 1.82) is 0 Å². The number of halogens is 1. The van der Waals surface area contributed by atoms with Crippen LogP contribution in [0.3, 0.4) is 0 Å². The van der Waals surface area contributed by atoms with Crippen molar-refractivity contribution in [2.45, 2.75) is 38.3 Å². The summed E-state index contributed by atoms with van der Waals surface area (Å²) in [5.74, 6) is 2.46. The van der Waals surface area contributed by atoms with Gasteiger partial charge in [0.25, 0.3) is 0 Å². The van der Waals surface area contributed by atoms with E-state index in [0.29, 0.717) is 29.9 Å². The Morgan fingerprint density at radius 1 is 1.29 bits per heavy atom. The van der Waals surface area contributed by atoms with Gasteiger partial charge in [-0.25, -0.2) is 0 Å². The highest BCUT2D eigenvalue weighted by molar-refractivity contribution is 5.85. The van der Waals surface area contributed by atoms with Crippen LogP contribution in [0.4, 0.5) is 0 Å². The molecule has 2 saturated carbocycles. The maximum atomic E-state index is 12.5. The third-order valence-electron chi connectivity index (χ3n) is 5.24. The summed E-state index contributed by atoms with van der Waals surface area (Å²) < 4.78 is 11.1. The van der Waals surface area contributed by atoms with Crippen LogP contribution in [0.15, 0.2) is 24.3 Å². The van der Waals surface area contributed by atoms with Gasteiger partial charge in [0, 0.05) is 6.04 Å². The van der Waals surface area contributed by atoms with E-state index in [9.17, 15) is 4.79 Å². The van der Waals surface area contributed by atoms with E-state index in [0.717, 1.165) is 12.8 Å². The van der Waals surface area contributed by atoms with E-state index in [4.69, 9.17) is 15.2 Å². The Morgan fingerprint density at radius 3 is 2.58 bits per heavy atom. The van der Waals surface area contributed by atoms with Gasteiger partial charge < -0.3 is 20.5 Å². The van der Waals surface area contributed by atoms with Crippen molar-refractivity contribution in [3.63, 3.8) is 0 Å². The zero-order valence-electron chi connectivity index (χ0n) is 14.2. The molecule has 3 N–H and O–H groups in total.